The molecule has 4 bridgehead atoms. The number of benzene rings is 8. The first-order valence-electron chi connectivity index (χ1n) is 20.4. The molecule has 55 heavy (non-hydrogen) atoms. The zero-order valence-electron chi connectivity index (χ0n) is 31.0. The van der Waals surface area contributed by atoms with Gasteiger partial charge in [-0.05, 0) is 153 Å². The lowest BCUT2D eigenvalue weighted by molar-refractivity contribution is -0.0399. The summed E-state index contributed by atoms with van der Waals surface area (Å²) in [6, 6.07) is 66.1. The molecule has 0 amide bonds. The molecule has 13 rings (SSSR count). The van der Waals surface area contributed by atoms with Crippen molar-refractivity contribution in [3.8, 4) is 33.4 Å². The van der Waals surface area contributed by atoms with Gasteiger partial charge in [0.2, 0.25) is 0 Å². The average Bonchev–Trinajstić information content (AvgIpc) is 3.53. The van der Waals surface area contributed by atoms with Gasteiger partial charge in [0.05, 0.1) is 5.69 Å². The molecule has 0 atom stereocenters. The normalized spacial score (nSPS) is 23.0. The van der Waals surface area contributed by atoms with Crippen LogP contribution in [-0.4, -0.2) is 0 Å². The maximum Gasteiger partial charge on any atom is 0.0540 e. The third-order valence-corrected chi connectivity index (χ3v) is 14.2. The molecule has 5 aliphatic rings. The van der Waals surface area contributed by atoms with Crippen molar-refractivity contribution in [2.75, 3.05) is 4.90 Å². The van der Waals surface area contributed by atoms with Crippen LogP contribution in [0.15, 0.2) is 176 Å². The summed E-state index contributed by atoms with van der Waals surface area (Å²) in [7, 11) is 0. The maximum atomic E-state index is 2.61. The monoisotopic (exact) mass is 705 g/mol. The summed E-state index contributed by atoms with van der Waals surface area (Å²) in [5.74, 6) is 3.42. The second-order valence-electron chi connectivity index (χ2n) is 16.9. The molecule has 0 unspecified atom stereocenters. The molecule has 0 radical (unpaired) electrons. The van der Waals surface area contributed by atoms with Gasteiger partial charge in [-0.2, -0.15) is 0 Å². The zero-order chi connectivity index (χ0) is 36.1. The largest absolute Gasteiger partial charge is 0.310 e. The number of fused-ring (bicyclic) bond motifs is 5. The van der Waals surface area contributed by atoms with Gasteiger partial charge in [0.25, 0.3) is 0 Å². The summed E-state index contributed by atoms with van der Waals surface area (Å²) in [4.78, 5) is 2.45. The Morgan fingerprint density at radius 1 is 0.382 bits per heavy atom. The second-order valence-corrected chi connectivity index (χ2v) is 16.9. The van der Waals surface area contributed by atoms with Gasteiger partial charge >= 0.3 is 0 Å². The highest BCUT2D eigenvalue weighted by Crippen LogP contribution is 2.69. The highest BCUT2D eigenvalue weighted by molar-refractivity contribution is 6.06. The molecule has 5 aliphatic carbocycles. The van der Waals surface area contributed by atoms with Crippen molar-refractivity contribution >= 4 is 38.6 Å². The summed E-state index contributed by atoms with van der Waals surface area (Å²) >= 11 is 0. The van der Waals surface area contributed by atoms with Crippen LogP contribution in [-0.2, 0) is 5.41 Å². The first-order chi connectivity index (χ1) is 27.2. The SMILES string of the molecule is c1ccc(-c2ccc(N(c3ccc(-c4ccc5c(c4)C4(c6ccccc6-5)C5CC6CC(C5)CC4C6)cc3)c3ccc4ccccc4c3)c3ccccc23)cc1. The van der Waals surface area contributed by atoms with Crippen LogP contribution in [0.2, 0.25) is 0 Å². The zero-order valence-corrected chi connectivity index (χ0v) is 31.0. The van der Waals surface area contributed by atoms with E-state index >= 15 is 0 Å². The first kappa shape index (κ1) is 31.4. The van der Waals surface area contributed by atoms with Crippen molar-refractivity contribution in [3.05, 3.63) is 187 Å². The van der Waals surface area contributed by atoms with Crippen LogP contribution < -0.4 is 4.90 Å². The van der Waals surface area contributed by atoms with Crippen LogP contribution in [0.1, 0.15) is 43.2 Å². The molecule has 0 heterocycles. The van der Waals surface area contributed by atoms with E-state index in [0.717, 1.165) is 35.0 Å². The topological polar surface area (TPSA) is 3.24 Å². The number of rotatable bonds is 5. The summed E-state index contributed by atoms with van der Waals surface area (Å²) in [5, 5.41) is 4.98. The van der Waals surface area contributed by atoms with E-state index in [1.807, 2.05) is 0 Å². The fourth-order valence-corrected chi connectivity index (χ4v) is 12.2. The third-order valence-electron chi connectivity index (χ3n) is 14.2. The highest BCUT2D eigenvalue weighted by Gasteiger charge is 2.61. The third kappa shape index (κ3) is 4.66. The fraction of sp³-hybridized carbons (Fsp3) is 0.185. The first-order valence-corrected chi connectivity index (χ1v) is 20.4. The van der Waals surface area contributed by atoms with E-state index in [1.165, 1.54) is 92.7 Å². The second kappa shape index (κ2) is 12.0. The minimum Gasteiger partial charge on any atom is -0.310 e. The van der Waals surface area contributed by atoms with Gasteiger partial charge in [0.1, 0.15) is 0 Å². The van der Waals surface area contributed by atoms with Gasteiger partial charge in [0.15, 0.2) is 0 Å². The van der Waals surface area contributed by atoms with Crippen LogP contribution in [0, 0.1) is 23.7 Å². The van der Waals surface area contributed by atoms with Gasteiger partial charge in [-0.1, -0.05) is 140 Å². The summed E-state index contributed by atoms with van der Waals surface area (Å²) < 4.78 is 0. The van der Waals surface area contributed by atoms with Gasteiger partial charge in [0, 0.05) is 22.2 Å². The van der Waals surface area contributed by atoms with Gasteiger partial charge in [-0.25, -0.2) is 0 Å². The summed E-state index contributed by atoms with van der Waals surface area (Å²) in [6.45, 7) is 0. The summed E-state index contributed by atoms with van der Waals surface area (Å²) in [6.07, 6.45) is 7.11. The van der Waals surface area contributed by atoms with E-state index in [1.54, 1.807) is 11.1 Å². The van der Waals surface area contributed by atoms with E-state index in [2.05, 4.69) is 181 Å². The Bertz CT molecular complexity index is 2750. The Morgan fingerprint density at radius 3 is 1.80 bits per heavy atom. The Hall–Kier alpha value is -5.92. The number of anilines is 3. The van der Waals surface area contributed by atoms with Gasteiger partial charge in [-0.3, -0.25) is 0 Å². The van der Waals surface area contributed by atoms with Crippen LogP contribution in [0.3, 0.4) is 0 Å². The minimum absolute atomic E-state index is 0.176. The van der Waals surface area contributed by atoms with Crippen LogP contribution in [0.25, 0.3) is 54.9 Å². The molecule has 1 nitrogen and oxygen atoms in total. The van der Waals surface area contributed by atoms with E-state index in [-0.39, 0.29) is 5.41 Å². The smallest absolute Gasteiger partial charge is 0.0540 e. The Labute approximate surface area is 323 Å². The molecular weight excluding hydrogens is 663 g/mol. The van der Waals surface area contributed by atoms with Gasteiger partial charge in [-0.15, -0.1) is 0 Å². The Morgan fingerprint density at radius 2 is 1.00 bits per heavy atom. The molecule has 1 spiro atoms. The molecule has 4 fully saturated rings. The quantitative estimate of drug-likeness (QED) is 0.172. The maximum absolute atomic E-state index is 2.61. The Kier molecular flexibility index (Phi) is 6.88. The predicted octanol–water partition coefficient (Wildman–Crippen LogP) is 14.5. The summed E-state index contributed by atoms with van der Waals surface area (Å²) in [5.41, 5.74) is 15.0. The minimum atomic E-state index is 0.176. The van der Waals surface area contributed by atoms with E-state index < -0.39 is 0 Å². The number of hydrogen-bond donors (Lipinski definition) is 0. The van der Waals surface area contributed by atoms with E-state index in [4.69, 9.17) is 0 Å². The number of hydrogen-bond acceptors (Lipinski definition) is 1. The van der Waals surface area contributed by atoms with Crippen LogP contribution in [0.4, 0.5) is 17.1 Å². The van der Waals surface area contributed by atoms with Crippen molar-refractivity contribution in [1.82, 2.24) is 0 Å². The van der Waals surface area contributed by atoms with Crippen molar-refractivity contribution < 1.29 is 0 Å². The van der Waals surface area contributed by atoms with Crippen molar-refractivity contribution in [1.29, 1.82) is 0 Å². The van der Waals surface area contributed by atoms with Crippen LogP contribution >= 0.6 is 0 Å². The molecule has 0 saturated heterocycles. The van der Waals surface area contributed by atoms with E-state index in [9.17, 15) is 0 Å². The molecule has 264 valence electrons. The average molecular weight is 706 g/mol. The molecule has 0 aromatic heterocycles. The lowest BCUT2D eigenvalue weighted by atomic mass is 9.43. The molecular formula is C54H43N. The van der Waals surface area contributed by atoms with Crippen molar-refractivity contribution in [2.45, 2.75) is 37.5 Å². The standard InChI is InChI=1S/C54H43N/c1-2-11-39(12-3-1)46-26-27-53(50-16-7-6-14-47(46)50)55(45-24-20-37-10-4-5-13-40(37)33-45)44-22-18-38(19-23-44)41-21-25-49-48-15-8-9-17-51(48)54(52(49)34-41)42-29-35-28-36(31-42)32-43(54)30-35/h1-27,33-36,42-43H,28-32H2. The van der Waals surface area contributed by atoms with Crippen LogP contribution in [0.5, 0.6) is 0 Å². The molecule has 0 aliphatic heterocycles. The predicted molar refractivity (Wildman–Crippen MR) is 230 cm³/mol. The Balaban J connectivity index is 0.988. The molecule has 4 saturated carbocycles. The van der Waals surface area contributed by atoms with Crippen molar-refractivity contribution in [2.24, 2.45) is 23.7 Å². The van der Waals surface area contributed by atoms with Crippen molar-refractivity contribution in [3.63, 3.8) is 0 Å². The lowest BCUT2D eigenvalue weighted by Gasteiger charge is -2.61. The molecule has 1 heteroatoms. The molecule has 8 aromatic carbocycles. The fourth-order valence-electron chi connectivity index (χ4n) is 12.2. The molecule has 8 aromatic rings. The highest BCUT2D eigenvalue weighted by atomic mass is 15.1. The number of nitrogens with zero attached hydrogens (tertiary/aromatic N) is 1. The lowest BCUT2D eigenvalue weighted by Crippen LogP contribution is -2.55. The van der Waals surface area contributed by atoms with Gasteiger partial charge < -0.3 is 4.90 Å². The molecule has 0 N–H and O–H groups in total. The van der Waals surface area contributed by atoms with E-state index in [0.29, 0.717) is 0 Å².